The van der Waals surface area contributed by atoms with Crippen LogP contribution < -0.4 is 4.90 Å². The van der Waals surface area contributed by atoms with Crippen LogP contribution in [0.5, 0.6) is 0 Å². The van der Waals surface area contributed by atoms with Gasteiger partial charge in [0.1, 0.15) is 5.82 Å². The maximum Gasteiger partial charge on any atom is 0.337 e. The highest BCUT2D eigenvalue weighted by atomic mass is 16.4. The minimum absolute atomic E-state index is 0.210. The van der Waals surface area contributed by atoms with Crippen LogP contribution >= 0.6 is 0 Å². The van der Waals surface area contributed by atoms with E-state index in [1.165, 1.54) is 6.20 Å². The summed E-state index contributed by atoms with van der Waals surface area (Å²) in [4.78, 5) is 17.6. The van der Waals surface area contributed by atoms with Crippen LogP contribution in [0.4, 0.5) is 5.82 Å². The predicted molar refractivity (Wildman–Crippen MR) is 80.0 cm³/mol. The highest BCUT2D eigenvalue weighted by molar-refractivity contribution is 6.06. The second-order valence-corrected chi connectivity index (χ2v) is 4.47. The Balaban J connectivity index is 2.63. The van der Waals surface area contributed by atoms with Crippen molar-refractivity contribution in [3.8, 4) is 12.3 Å². The monoisotopic (exact) mass is 268 g/mol. The summed E-state index contributed by atoms with van der Waals surface area (Å²) in [6.45, 7) is 3.31. The lowest BCUT2D eigenvalue weighted by molar-refractivity contribution is 0.0698. The van der Waals surface area contributed by atoms with Crippen LogP contribution in [0.2, 0.25) is 0 Å². The fourth-order valence-corrected chi connectivity index (χ4v) is 2.24. The molecule has 2 rings (SSSR count). The average molecular weight is 268 g/mol. The van der Waals surface area contributed by atoms with Crippen LogP contribution in [-0.2, 0) is 0 Å². The lowest BCUT2D eigenvalue weighted by atomic mass is 10.1. The summed E-state index contributed by atoms with van der Waals surface area (Å²) in [6, 6.07) is 7.37. The summed E-state index contributed by atoms with van der Waals surface area (Å²) >= 11 is 0. The molecule has 0 amide bonds. The Morgan fingerprint density at radius 2 is 2.10 bits per heavy atom. The number of carboxylic acid groups (broad SMARTS) is 1. The summed E-state index contributed by atoms with van der Waals surface area (Å²) < 4.78 is 0. The van der Waals surface area contributed by atoms with Crippen molar-refractivity contribution in [3.63, 3.8) is 0 Å². The Labute approximate surface area is 118 Å². The van der Waals surface area contributed by atoms with Gasteiger partial charge >= 0.3 is 5.97 Å². The molecule has 0 atom stereocenters. The molecule has 0 aliphatic heterocycles. The van der Waals surface area contributed by atoms with Gasteiger partial charge in [-0.15, -0.1) is 6.42 Å². The van der Waals surface area contributed by atoms with Crippen LogP contribution in [0.1, 0.15) is 23.7 Å². The van der Waals surface area contributed by atoms with E-state index in [0.717, 1.165) is 24.2 Å². The van der Waals surface area contributed by atoms with Crippen LogP contribution in [0.3, 0.4) is 0 Å². The zero-order valence-electron chi connectivity index (χ0n) is 11.3. The van der Waals surface area contributed by atoms with Crippen molar-refractivity contribution in [3.05, 3.63) is 36.0 Å². The normalized spacial score (nSPS) is 10.2. The maximum atomic E-state index is 11.3. The van der Waals surface area contributed by atoms with Gasteiger partial charge < -0.3 is 10.0 Å². The van der Waals surface area contributed by atoms with E-state index in [9.17, 15) is 9.90 Å². The summed E-state index contributed by atoms with van der Waals surface area (Å²) in [5.41, 5.74) is 0.210. The number of nitrogens with zero attached hydrogens (tertiary/aromatic N) is 2. The molecule has 4 nitrogen and oxygen atoms in total. The van der Waals surface area contributed by atoms with Gasteiger partial charge in [-0.3, -0.25) is 0 Å². The Bertz CT molecular complexity index is 674. The first-order valence-corrected chi connectivity index (χ1v) is 6.48. The van der Waals surface area contributed by atoms with Gasteiger partial charge in [-0.1, -0.05) is 37.1 Å². The van der Waals surface area contributed by atoms with Gasteiger partial charge in [0.05, 0.1) is 12.1 Å². The molecule has 20 heavy (non-hydrogen) atoms. The molecule has 2 aromatic rings. The Kier molecular flexibility index (Phi) is 4.21. The molecule has 1 N–H and O–H groups in total. The van der Waals surface area contributed by atoms with E-state index in [1.807, 2.05) is 23.1 Å². The third-order valence-electron chi connectivity index (χ3n) is 3.08. The number of carbonyl (C=O) groups is 1. The third kappa shape index (κ3) is 2.57. The molecule has 0 saturated heterocycles. The van der Waals surface area contributed by atoms with E-state index in [2.05, 4.69) is 17.8 Å². The summed E-state index contributed by atoms with van der Waals surface area (Å²) in [5.74, 6) is 2.39. The van der Waals surface area contributed by atoms with Crippen LogP contribution in [0.25, 0.3) is 10.8 Å². The number of anilines is 1. The second-order valence-electron chi connectivity index (χ2n) is 4.47. The topological polar surface area (TPSA) is 53.4 Å². The number of fused-ring (bicyclic) bond motifs is 1. The lowest BCUT2D eigenvalue weighted by Crippen LogP contribution is -2.25. The van der Waals surface area contributed by atoms with E-state index in [-0.39, 0.29) is 5.56 Å². The van der Waals surface area contributed by atoms with Crippen molar-refractivity contribution in [1.82, 2.24) is 4.98 Å². The Hall–Kier alpha value is -2.54. The van der Waals surface area contributed by atoms with Crippen molar-refractivity contribution in [2.24, 2.45) is 0 Å². The van der Waals surface area contributed by atoms with Crippen LogP contribution in [0, 0.1) is 12.3 Å². The fourth-order valence-electron chi connectivity index (χ4n) is 2.24. The molecule has 0 aliphatic carbocycles. The largest absolute Gasteiger partial charge is 0.478 e. The van der Waals surface area contributed by atoms with Gasteiger partial charge in [0.25, 0.3) is 0 Å². The quantitative estimate of drug-likeness (QED) is 0.847. The first kappa shape index (κ1) is 13.9. The number of rotatable bonds is 5. The first-order valence-electron chi connectivity index (χ1n) is 6.48. The molecule has 0 saturated carbocycles. The Morgan fingerprint density at radius 1 is 1.40 bits per heavy atom. The van der Waals surface area contributed by atoms with Gasteiger partial charge in [-0.2, -0.15) is 0 Å². The van der Waals surface area contributed by atoms with Gasteiger partial charge in [-0.05, 0) is 6.42 Å². The minimum Gasteiger partial charge on any atom is -0.478 e. The van der Waals surface area contributed by atoms with Crippen molar-refractivity contribution < 1.29 is 9.90 Å². The zero-order valence-corrected chi connectivity index (χ0v) is 11.3. The highest BCUT2D eigenvalue weighted by Crippen LogP contribution is 2.27. The van der Waals surface area contributed by atoms with Crippen molar-refractivity contribution in [2.45, 2.75) is 13.3 Å². The molecule has 0 spiro atoms. The molecule has 0 aliphatic rings. The zero-order chi connectivity index (χ0) is 14.5. The van der Waals surface area contributed by atoms with Crippen molar-refractivity contribution >= 4 is 22.6 Å². The summed E-state index contributed by atoms with van der Waals surface area (Å²) in [6.07, 6.45) is 7.75. The first-order chi connectivity index (χ1) is 9.69. The molecule has 4 heteroatoms. The number of hydrogen-bond donors (Lipinski definition) is 1. The maximum absolute atomic E-state index is 11.3. The molecule has 1 heterocycles. The number of hydrogen-bond acceptors (Lipinski definition) is 3. The van der Waals surface area contributed by atoms with Gasteiger partial charge in [0.15, 0.2) is 0 Å². The SMILES string of the molecule is C#CCN(CCC)c1ncc(C(=O)O)c2ccccc12. The van der Waals surface area contributed by atoms with Gasteiger partial charge in [-0.25, -0.2) is 9.78 Å². The number of pyridine rings is 1. The molecule has 0 bridgehead atoms. The number of benzene rings is 1. The van der Waals surface area contributed by atoms with E-state index in [4.69, 9.17) is 6.42 Å². The fraction of sp³-hybridized carbons (Fsp3) is 0.250. The van der Waals surface area contributed by atoms with E-state index >= 15 is 0 Å². The van der Waals surface area contributed by atoms with E-state index in [0.29, 0.717) is 11.9 Å². The van der Waals surface area contributed by atoms with E-state index < -0.39 is 5.97 Å². The van der Waals surface area contributed by atoms with E-state index in [1.54, 1.807) is 6.07 Å². The molecule has 0 fully saturated rings. The summed E-state index contributed by atoms with van der Waals surface area (Å²) in [5, 5.41) is 10.7. The standard InChI is InChI=1S/C16H16N2O2/c1-3-9-18(10-4-2)15-13-8-6-5-7-12(13)14(11-17-15)16(19)20/h1,5-8,11H,4,9-10H2,2H3,(H,19,20). The summed E-state index contributed by atoms with van der Waals surface area (Å²) in [7, 11) is 0. The number of aromatic carboxylic acids is 1. The van der Waals surface area contributed by atoms with Gasteiger partial charge in [0.2, 0.25) is 0 Å². The third-order valence-corrected chi connectivity index (χ3v) is 3.08. The average Bonchev–Trinajstić information content (AvgIpc) is 2.45. The molecule has 1 aromatic carbocycles. The molecule has 0 radical (unpaired) electrons. The lowest BCUT2D eigenvalue weighted by Gasteiger charge is -2.22. The number of carboxylic acids is 1. The smallest absolute Gasteiger partial charge is 0.337 e. The van der Waals surface area contributed by atoms with Crippen LogP contribution in [0.15, 0.2) is 30.5 Å². The highest BCUT2D eigenvalue weighted by Gasteiger charge is 2.15. The molecule has 102 valence electrons. The molecular weight excluding hydrogens is 252 g/mol. The predicted octanol–water partition coefficient (Wildman–Crippen LogP) is 2.78. The van der Waals surface area contributed by atoms with Crippen molar-refractivity contribution in [1.29, 1.82) is 0 Å². The number of aromatic nitrogens is 1. The molecule has 0 unspecified atom stereocenters. The van der Waals surface area contributed by atoms with Crippen molar-refractivity contribution in [2.75, 3.05) is 18.0 Å². The van der Waals surface area contributed by atoms with Crippen LogP contribution in [-0.4, -0.2) is 29.1 Å². The minimum atomic E-state index is -0.973. The Morgan fingerprint density at radius 3 is 2.70 bits per heavy atom. The second kappa shape index (κ2) is 6.07. The molecular formula is C16H16N2O2. The molecule has 1 aromatic heterocycles. The van der Waals surface area contributed by atoms with Gasteiger partial charge in [0, 0.05) is 23.5 Å². The number of terminal acetylenes is 1.